The van der Waals surface area contributed by atoms with Crippen molar-refractivity contribution in [2.45, 2.75) is 168 Å². The lowest BCUT2D eigenvalue weighted by atomic mass is 9.50. The standard InChI is InChI=1S/C50H81N5O8.C2HF3O2/c1-12-32(6)44(54(9)48(59)43(31(4)5)53-47(58)42(51-8)30(2)3)40(61-10)25-41(56)55-20-16-19-39(55)45(62-11)33(7)46(57)52-38(24-34-17-14-13-15-18-34)49(60)63-29-50-26-35-21-36(27-50)23-37(22-35)28-50;3-2(4,5)1(6)7/h13-15,17-18,30-33,35-40,42-45,51H,12,16,19-29H2,1-11H3,(H,52,57)(H,53,58);(H,6,7)/t32-,33+,35?,36?,37?,38-,39-,40+,42-,43-,44-,45+,50?;/m0./s1. The van der Waals surface area contributed by atoms with Crippen molar-refractivity contribution in [2.75, 3.05) is 41.5 Å². The molecule has 9 atom stereocenters. The van der Waals surface area contributed by atoms with Crippen molar-refractivity contribution < 1.29 is 61.3 Å². The number of likely N-dealkylation sites (tertiary alicyclic amines) is 1. The number of carbonyl (C=O) groups is 6. The number of aliphatic carboxylic acids is 1. The number of nitrogens with one attached hydrogen (secondary N) is 3. The van der Waals surface area contributed by atoms with Gasteiger partial charge in [-0.05, 0) is 99.5 Å². The maximum absolute atomic E-state index is 14.4. The van der Waals surface area contributed by atoms with E-state index in [0.717, 1.165) is 55.4 Å². The van der Waals surface area contributed by atoms with Gasteiger partial charge in [-0.15, -0.1) is 0 Å². The summed E-state index contributed by atoms with van der Waals surface area (Å²) in [7, 11) is 6.61. The number of halogens is 3. The minimum Gasteiger partial charge on any atom is -0.475 e. The lowest BCUT2D eigenvalue weighted by molar-refractivity contribution is -0.192. The number of methoxy groups -OCH3 is 2. The quantitative estimate of drug-likeness (QED) is 0.0886. The maximum Gasteiger partial charge on any atom is 0.490 e. The Bertz CT molecular complexity index is 1870. The van der Waals surface area contributed by atoms with Gasteiger partial charge >= 0.3 is 18.1 Å². The number of likely N-dealkylation sites (N-methyl/N-ethyl adjacent to an activating group) is 2. The SMILES string of the molecule is CC[C@H](C)[C@@H]([C@@H](CC(=O)N1CCC[C@H]1[C@H](OC)[C@@H](C)C(=O)N[C@@H](Cc1ccccc1)C(=O)OCC12CC3CC(CC(C3)C1)C2)OC)N(C)C(=O)[C@@H](NC(=O)[C@@H](NC)C(C)C)C(C)C.O=C(O)C(F)(F)F. The van der Waals surface area contributed by atoms with E-state index in [2.05, 4.69) is 16.0 Å². The Labute approximate surface area is 413 Å². The fourth-order valence-corrected chi connectivity index (χ4v) is 12.2. The maximum atomic E-state index is 14.4. The number of carboxylic acid groups (broad SMARTS) is 1. The van der Waals surface area contributed by atoms with E-state index in [1.807, 2.05) is 76.8 Å². The number of esters is 1. The van der Waals surface area contributed by atoms with Gasteiger partial charge in [-0.1, -0.05) is 85.2 Å². The zero-order valence-corrected chi connectivity index (χ0v) is 43.3. The molecular weight excluding hydrogens is 912 g/mol. The van der Waals surface area contributed by atoms with Crippen LogP contribution in [0.2, 0.25) is 0 Å². The predicted octanol–water partition coefficient (Wildman–Crippen LogP) is 6.41. The summed E-state index contributed by atoms with van der Waals surface area (Å²) in [5.41, 5.74) is 0.976. The number of ether oxygens (including phenoxy) is 3. The summed E-state index contributed by atoms with van der Waals surface area (Å²) in [6.45, 7) is 14.5. The van der Waals surface area contributed by atoms with Crippen LogP contribution in [0.5, 0.6) is 0 Å². The predicted molar refractivity (Wildman–Crippen MR) is 258 cm³/mol. The lowest BCUT2D eigenvalue weighted by Crippen LogP contribution is -2.59. The Kier molecular flexibility index (Phi) is 21.6. The second kappa shape index (κ2) is 25.9. The fraction of sp³-hybridized carbons (Fsp3) is 0.769. The first kappa shape index (κ1) is 58.3. The van der Waals surface area contributed by atoms with Crippen LogP contribution in [0.3, 0.4) is 0 Å². The van der Waals surface area contributed by atoms with E-state index in [1.54, 1.807) is 40.1 Å². The molecule has 1 heterocycles. The largest absolute Gasteiger partial charge is 0.490 e. The first-order valence-electron chi connectivity index (χ1n) is 25.3. The van der Waals surface area contributed by atoms with Crippen molar-refractivity contribution in [3.8, 4) is 0 Å². The number of alkyl halides is 3. The minimum atomic E-state index is -5.08. The molecule has 4 amide bonds. The van der Waals surface area contributed by atoms with Crippen LogP contribution in [0.4, 0.5) is 13.2 Å². The van der Waals surface area contributed by atoms with Crippen molar-refractivity contribution in [2.24, 2.45) is 46.8 Å². The van der Waals surface area contributed by atoms with Crippen LogP contribution < -0.4 is 16.0 Å². The van der Waals surface area contributed by atoms with Gasteiger partial charge in [-0.25, -0.2) is 9.59 Å². The van der Waals surface area contributed by atoms with Crippen LogP contribution in [-0.2, 0) is 49.4 Å². The molecule has 396 valence electrons. The van der Waals surface area contributed by atoms with E-state index in [-0.39, 0.29) is 59.3 Å². The number of carboxylic acids is 1. The number of nitrogens with zero attached hydrogens (tertiary/aromatic N) is 2. The Morgan fingerprint density at radius 1 is 0.857 bits per heavy atom. The highest BCUT2D eigenvalue weighted by Crippen LogP contribution is 2.60. The highest BCUT2D eigenvalue weighted by Gasteiger charge is 2.52. The summed E-state index contributed by atoms with van der Waals surface area (Å²) in [4.78, 5) is 82.6. The van der Waals surface area contributed by atoms with Gasteiger partial charge in [0.15, 0.2) is 0 Å². The van der Waals surface area contributed by atoms with Crippen LogP contribution in [0, 0.1) is 46.8 Å². The highest BCUT2D eigenvalue weighted by molar-refractivity contribution is 5.90. The molecule has 0 spiro atoms. The molecule has 18 heteroatoms. The van der Waals surface area contributed by atoms with E-state index in [4.69, 9.17) is 24.1 Å². The number of rotatable bonds is 23. The molecular formula is C52H82F3N5O10. The van der Waals surface area contributed by atoms with Crippen molar-refractivity contribution in [1.29, 1.82) is 0 Å². The Balaban J connectivity index is 0.00000141. The second-order valence-corrected chi connectivity index (χ2v) is 21.4. The number of amides is 4. The molecule has 1 aromatic carbocycles. The van der Waals surface area contributed by atoms with E-state index < -0.39 is 60.4 Å². The van der Waals surface area contributed by atoms with Crippen molar-refractivity contribution >= 4 is 35.6 Å². The third-order valence-corrected chi connectivity index (χ3v) is 15.6. The second-order valence-electron chi connectivity index (χ2n) is 21.4. The number of hydrogen-bond donors (Lipinski definition) is 4. The van der Waals surface area contributed by atoms with Gasteiger partial charge in [0.1, 0.15) is 12.1 Å². The van der Waals surface area contributed by atoms with Crippen molar-refractivity contribution in [1.82, 2.24) is 25.8 Å². The molecule has 5 fully saturated rings. The van der Waals surface area contributed by atoms with Gasteiger partial charge < -0.3 is 45.1 Å². The number of hydrogen-bond acceptors (Lipinski definition) is 10. The zero-order chi connectivity index (χ0) is 52.2. The highest BCUT2D eigenvalue weighted by atomic mass is 19.4. The van der Waals surface area contributed by atoms with Crippen LogP contribution in [0.15, 0.2) is 30.3 Å². The monoisotopic (exact) mass is 994 g/mol. The normalized spacial score (nSPS) is 25.1. The summed E-state index contributed by atoms with van der Waals surface area (Å²) in [6.07, 6.45) is 3.36. The average molecular weight is 994 g/mol. The van der Waals surface area contributed by atoms with Crippen molar-refractivity contribution in [3.63, 3.8) is 0 Å². The summed E-state index contributed by atoms with van der Waals surface area (Å²) < 4.78 is 50.1. The molecule has 4 aliphatic carbocycles. The lowest BCUT2D eigenvalue weighted by Gasteiger charge is -2.56. The Morgan fingerprint density at radius 3 is 1.89 bits per heavy atom. The van der Waals surface area contributed by atoms with Crippen LogP contribution in [0.1, 0.15) is 118 Å². The van der Waals surface area contributed by atoms with Crippen LogP contribution >= 0.6 is 0 Å². The van der Waals surface area contributed by atoms with E-state index in [9.17, 15) is 37.1 Å². The smallest absolute Gasteiger partial charge is 0.475 e. The molecule has 6 rings (SSSR count). The topological polar surface area (TPSA) is 193 Å². The van der Waals surface area contributed by atoms with Crippen LogP contribution in [-0.4, -0.2) is 141 Å². The van der Waals surface area contributed by atoms with E-state index in [1.165, 1.54) is 19.3 Å². The van der Waals surface area contributed by atoms with Gasteiger partial charge in [-0.3, -0.25) is 19.2 Å². The molecule has 0 radical (unpaired) electrons. The van der Waals surface area contributed by atoms with Gasteiger partial charge in [0, 0.05) is 39.6 Å². The third kappa shape index (κ3) is 15.1. The molecule has 0 aromatic heterocycles. The zero-order valence-electron chi connectivity index (χ0n) is 43.3. The Morgan fingerprint density at radius 2 is 1.41 bits per heavy atom. The molecule has 1 saturated heterocycles. The summed E-state index contributed by atoms with van der Waals surface area (Å²) >= 11 is 0. The number of carbonyl (C=O) groups excluding carboxylic acids is 5. The van der Waals surface area contributed by atoms with Gasteiger partial charge in [0.05, 0.1) is 49.3 Å². The third-order valence-electron chi connectivity index (χ3n) is 15.6. The van der Waals surface area contributed by atoms with E-state index >= 15 is 0 Å². The first-order chi connectivity index (χ1) is 32.9. The average Bonchev–Trinajstić information content (AvgIpc) is 3.79. The molecule has 5 aliphatic rings. The van der Waals surface area contributed by atoms with Gasteiger partial charge in [0.25, 0.3) is 0 Å². The molecule has 4 N–H and O–H groups in total. The van der Waals surface area contributed by atoms with Crippen molar-refractivity contribution in [3.05, 3.63) is 35.9 Å². The summed E-state index contributed by atoms with van der Waals surface area (Å²) in [6, 6.07) is 6.73. The molecule has 1 aliphatic heterocycles. The molecule has 1 aromatic rings. The van der Waals surface area contributed by atoms with Gasteiger partial charge in [-0.2, -0.15) is 13.2 Å². The number of benzene rings is 1. The Hall–Kier alpha value is -4.29. The fourth-order valence-electron chi connectivity index (χ4n) is 12.2. The summed E-state index contributed by atoms with van der Waals surface area (Å²) in [5.74, 6) is -2.80. The van der Waals surface area contributed by atoms with Gasteiger partial charge in [0.2, 0.25) is 23.6 Å². The molecule has 4 bridgehead atoms. The molecule has 15 nitrogen and oxygen atoms in total. The first-order valence-corrected chi connectivity index (χ1v) is 25.3. The molecule has 4 saturated carbocycles. The minimum absolute atomic E-state index is 0.0131. The van der Waals surface area contributed by atoms with E-state index in [0.29, 0.717) is 26.0 Å². The molecule has 70 heavy (non-hydrogen) atoms. The summed E-state index contributed by atoms with van der Waals surface area (Å²) in [5, 5.41) is 16.3. The van der Waals surface area contributed by atoms with Crippen LogP contribution in [0.25, 0.3) is 0 Å². The molecule has 0 unspecified atom stereocenters.